The van der Waals surface area contributed by atoms with Crippen LogP contribution in [0.5, 0.6) is 0 Å². The lowest BCUT2D eigenvalue weighted by molar-refractivity contribution is -0.125. The molecule has 2 unspecified atom stereocenters. The van der Waals surface area contributed by atoms with E-state index in [9.17, 15) is 9.18 Å². The van der Waals surface area contributed by atoms with Crippen molar-refractivity contribution in [3.05, 3.63) is 29.8 Å². The summed E-state index contributed by atoms with van der Waals surface area (Å²) < 4.78 is 12.6. The SMILES string of the molecule is CC(NCC(O)C(N)=O)c1ccc(F)cn1. The van der Waals surface area contributed by atoms with Crippen LogP contribution >= 0.6 is 0 Å². The second-order valence-electron chi connectivity index (χ2n) is 3.45. The summed E-state index contributed by atoms with van der Waals surface area (Å²) in [4.78, 5) is 14.4. The first kappa shape index (κ1) is 12.5. The van der Waals surface area contributed by atoms with Crippen molar-refractivity contribution in [1.82, 2.24) is 10.3 Å². The van der Waals surface area contributed by atoms with E-state index in [1.165, 1.54) is 12.1 Å². The summed E-state index contributed by atoms with van der Waals surface area (Å²) in [5, 5.41) is 12.0. The molecular weight excluding hydrogens is 213 g/mol. The summed E-state index contributed by atoms with van der Waals surface area (Å²) in [5.41, 5.74) is 5.51. The van der Waals surface area contributed by atoms with Gasteiger partial charge in [-0.1, -0.05) is 0 Å². The van der Waals surface area contributed by atoms with Crippen molar-refractivity contribution in [2.24, 2.45) is 5.73 Å². The van der Waals surface area contributed by atoms with Crippen LogP contribution in [0.1, 0.15) is 18.7 Å². The molecule has 1 amide bonds. The maximum atomic E-state index is 12.6. The van der Waals surface area contributed by atoms with E-state index in [1.54, 1.807) is 6.92 Å². The second-order valence-corrected chi connectivity index (χ2v) is 3.45. The predicted molar refractivity (Wildman–Crippen MR) is 55.8 cm³/mol. The van der Waals surface area contributed by atoms with E-state index in [0.717, 1.165) is 6.20 Å². The number of rotatable bonds is 5. The number of amides is 1. The molecule has 0 aliphatic carbocycles. The zero-order valence-electron chi connectivity index (χ0n) is 8.85. The fourth-order valence-electron chi connectivity index (χ4n) is 1.14. The molecular formula is C10H14FN3O2. The highest BCUT2D eigenvalue weighted by Gasteiger charge is 2.13. The molecule has 1 aromatic rings. The molecule has 0 aromatic carbocycles. The molecule has 0 aliphatic heterocycles. The minimum Gasteiger partial charge on any atom is -0.382 e. The largest absolute Gasteiger partial charge is 0.382 e. The number of hydrogen-bond acceptors (Lipinski definition) is 4. The number of nitrogens with zero attached hydrogens (tertiary/aromatic N) is 1. The lowest BCUT2D eigenvalue weighted by atomic mass is 10.2. The number of carbonyl (C=O) groups is 1. The third-order valence-corrected chi connectivity index (χ3v) is 2.14. The Bertz CT molecular complexity index is 356. The zero-order chi connectivity index (χ0) is 12.1. The summed E-state index contributed by atoms with van der Waals surface area (Å²) in [7, 11) is 0. The van der Waals surface area contributed by atoms with Gasteiger partial charge >= 0.3 is 0 Å². The third-order valence-electron chi connectivity index (χ3n) is 2.14. The monoisotopic (exact) mass is 227 g/mol. The second kappa shape index (κ2) is 5.53. The van der Waals surface area contributed by atoms with Crippen molar-refractivity contribution in [1.29, 1.82) is 0 Å². The molecule has 6 heteroatoms. The van der Waals surface area contributed by atoms with E-state index in [-0.39, 0.29) is 12.6 Å². The van der Waals surface area contributed by atoms with E-state index in [1.807, 2.05) is 0 Å². The Morgan fingerprint density at radius 3 is 2.88 bits per heavy atom. The minimum atomic E-state index is -1.23. The van der Waals surface area contributed by atoms with E-state index >= 15 is 0 Å². The summed E-state index contributed by atoms with van der Waals surface area (Å²) >= 11 is 0. The summed E-state index contributed by atoms with van der Waals surface area (Å²) in [5.74, 6) is -1.19. The van der Waals surface area contributed by atoms with Gasteiger partial charge in [-0.2, -0.15) is 0 Å². The molecule has 0 spiro atoms. The molecule has 5 nitrogen and oxygen atoms in total. The van der Waals surface area contributed by atoms with Gasteiger partial charge in [-0.3, -0.25) is 9.78 Å². The topological polar surface area (TPSA) is 88.2 Å². The average molecular weight is 227 g/mol. The number of carbonyl (C=O) groups excluding carboxylic acids is 1. The quantitative estimate of drug-likeness (QED) is 0.645. The molecule has 0 radical (unpaired) electrons. The van der Waals surface area contributed by atoms with Crippen LogP contribution in [-0.4, -0.2) is 28.6 Å². The van der Waals surface area contributed by atoms with Gasteiger partial charge in [0, 0.05) is 12.6 Å². The Kier molecular flexibility index (Phi) is 4.33. The summed E-state index contributed by atoms with van der Waals surface area (Å²) in [6, 6.07) is 2.63. The number of nitrogens with two attached hydrogens (primary N) is 1. The first-order valence-corrected chi connectivity index (χ1v) is 4.83. The Balaban J connectivity index is 2.49. The fraction of sp³-hybridized carbons (Fsp3) is 0.400. The highest BCUT2D eigenvalue weighted by Crippen LogP contribution is 2.08. The van der Waals surface area contributed by atoms with Gasteiger partial charge in [-0.15, -0.1) is 0 Å². The lowest BCUT2D eigenvalue weighted by Gasteiger charge is -2.14. The summed E-state index contributed by atoms with van der Waals surface area (Å²) in [6.07, 6.45) is -0.124. The van der Waals surface area contributed by atoms with Gasteiger partial charge < -0.3 is 16.2 Å². The van der Waals surface area contributed by atoms with E-state index < -0.39 is 17.8 Å². The standard InChI is InChI=1S/C10H14FN3O2/c1-6(13-5-9(15)10(12)16)8-3-2-7(11)4-14-8/h2-4,6,9,13,15H,5H2,1H3,(H2,12,16). The van der Waals surface area contributed by atoms with Crippen LogP contribution in [0.15, 0.2) is 18.3 Å². The molecule has 2 atom stereocenters. The number of hydrogen-bond donors (Lipinski definition) is 3. The summed E-state index contributed by atoms with van der Waals surface area (Å²) in [6.45, 7) is 1.82. The van der Waals surface area contributed by atoms with Crippen LogP contribution in [0.25, 0.3) is 0 Å². The van der Waals surface area contributed by atoms with Crippen LogP contribution in [0.2, 0.25) is 0 Å². The van der Waals surface area contributed by atoms with Crippen LogP contribution < -0.4 is 11.1 Å². The first-order valence-electron chi connectivity index (χ1n) is 4.83. The molecule has 0 saturated heterocycles. The average Bonchev–Trinajstić information content (AvgIpc) is 2.26. The molecule has 88 valence electrons. The van der Waals surface area contributed by atoms with Crippen LogP contribution in [-0.2, 0) is 4.79 Å². The normalized spacial score (nSPS) is 14.4. The molecule has 0 fully saturated rings. The Hall–Kier alpha value is -1.53. The number of nitrogens with one attached hydrogen (secondary N) is 1. The van der Waals surface area contributed by atoms with Gasteiger partial charge in [0.2, 0.25) is 5.91 Å². The van der Waals surface area contributed by atoms with E-state index in [2.05, 4.69) is 10.3 Å². The molecule has 0 aliphatic rings. The number of aliphatic hydroxyl groups excluding tert-OH is 1. The van der Waals surface area contributed by atoms with Crippen molar-refractivity contribution < 1.29 is 14.3 Å². The Morgan fingerprint density at radius 2 is 2.38 bits per heavy atom. The number of primary amides is 1. The highest BCUT2D eigenvalue weighted by atomic mass is 19.1. The van der Waals surface area contributed by atoms with Gasteiger partial charge in [0.1, 0.15) is 11.9 Å². The van der Waals surface area contributed by atoms with Crippen molar-refractivity contribution >= 4 is 5.91 Å². The maximum Gasteiger partial charge on any atom is 0.247 e. The fourth-order valence-corrected chi connectivity index (χ4v) is 1.14. The van der Waals surface area contributed by atoms with Gasteiger partial charge in [0.25, 0.3) is 0 Å². The minimum absolute atomic E-state index is 0.0373. The first-order chi connectivity index (χ1) is 7.50. The van der Waals surface area contributed by atoms with Crippen LogP contribution in [0.4, 0.5) is 4.39 Å². The van der Waals surface area contributed by atoms with Gasteiger partial charge in [-0.05, 0) is 19.1 Å². The van der Waals surface area contributed by atoms with Crippen LogP contribution in [0, 0.1) is 5.82 Å². The van der Waals surface area contributed by atoms with Gasteiger partial charge in [0.05, 0.1) is 11.9 Å². The zero-order valence-corrected chi connectivity index (χ0v) is 8.85. The number of halogens is 1. The van der Waals surface area contributed by atoms with E-state index in [4.69, 9.17) is 10.8 Å². The molecule has 0 saturated carbocycles. The molecule has 1 aromatic heterocycles. The third kappa shape index (κ3) is 3.56. The number of aliphatic hydroxyl groups is 1. The predicted octanol–water partition coefficient (Wildman–Crippen LogP) is -0.282. The van der Waals surface area contributed by atoms with Crippen molar-refractivity contribution in [3.8, 4) is 0 Å². The van der Waals surface area contributed by atoms with E-state index in [0.29, 0.717) is 5.69 Å². The molecule has 1 rings (SSSR count). The van der Waals surface area contributed by atoms with Crippen LogP contribution in [0.3, 0.4) is 0 Å². The molecule has 4 N–H and O–H groups in total. The molecule has 1 heterocycles. The smallest absolute Gasteiger partial charge is 0.247 e. The van der Waals surface area contributed by atoms with Crippen molar-refractivity contribution in [2.45, 2.75) is 19.1 Å². The maximum absolute atomic E-state index is 12.6. The van der Waals surface area contributed by atoms with Gasteiger partial charge in [0.15, 0.2) is 0 Å². The van der Waals surface area contributed by atoms with Crippen molar-refractivity contribution in [2.75, 3.05) is 6.54 Å². The van der Waals surface area contributed by atoms with Gasteiger partial charge in [-0.25, -0.2) is 4.39 Å². The lowest BCUT2D eigenvalue weighted by Crippen LogP contribution is -2.38. The number of aromatic nitrogens is 1. The Morgan fingerprint density at radius 1 is 1.69 bits per heavy atom. The highest BCUT2D eigenvalue weighted by molar-refractivity contribution is 5.78. The number of pyridine rings is 1. The molecule has 0 bridgehead atoms. The van der Waals surface area contributed by atoms with Crippen molar-refractivity contribution in [3.63, 3.8) is 0 Å². The Labute approximate surface area is 92.5 Å². The molecule has 16 heavy (non-hydrogen) atoms.